The quantitative estimate of drug-likeness (QED) is 0.467. The molecule has 0 unspecified atom stereocenters. The highest BCUT2D eigenvalue weighted by Crippen LogP contribution is 2.22. The molecule has 98 valence electrons. The zero-order chi connectivity index (χ0) is 13.3. The van der Waals surface area contributed by atoms with Gasteiger partial charge in [0.05, 0.1) is 18.4 Å². The van der Waals surface area contributed by atoms with Gasteiger partial charge in [-0.3, -0.25) is 9.78 Å². The highest BCUT2D eigenvalue weighted by atomic mass is 16.3. The molecule has 0 bridgehead atoms. The molecule has 1 aliphatic rings. The molecule has 8 nitrogen and oxygen atoms in total. The van der Waals surface area contributed by atoms with E-state index >= 15 is 0 Å². The molecule has 0 aliphatic carbocycles. The van der Waals surface area contributed by atoms with E-state index in [0.717, 1.165) is 0 Å². The van der Waals surface area contributed by atoms with Crippen LogP contribution in [0.2, 0.25) is 0 Å². The second-order valence-corrected chi connectivity index (χ2v) is 4.03. The number of fused-ring (bicyclic) bond motifs is 1. The minimum absolute atomic E-state index is 0.000888. The van der Waals surface area contributed by atoms with Crippen molar-refractivity contribution in [2.45, 2.75) is 25.6 Å². The Kier molecular flexibility index (Phi) is 3.30. The number of nitrogens with zero attached hydrogens (tertiary/aromatic N) is 2. The maximum atomic E-state index is 11.6. The third-order valence-electron chi connectivity index (χ3n) is 2.73. The van der Waals surface area contributed by atoms with E-state index in [4.69, 9.17) is 5.73 Å². The van der Waals surface area contributed by atoms with Crippen LogP contribution >= 0.6 is 0 Å². The van der Waals surface area contributed by atoms with Crippen LogP contribution < -0.4 is 16.6 Å². The van der Waals surface area contributed by atoms with Crippen LogP contribution in [0.1, 0.15) is 13.3 Å². The lowest BCUT2D eigenvalue weighted by Crippen LogP contribution is -2.39. The van der Waals surface area contributed by atoms with Gasteiger partial charge in [0.2, 0.25) is 5.95 Å². The van der Waals surface area contributed by atoms with Crippen molar-refractivity contribution in [2.75, 3.05) is 17.6 Å². The molecule has 2 rings (SSSR count). The molecular formula is C10H15N5O3. The Morgan fingerprint density at radius 2 is 2.22 bits per heavy atom. The molecule has 0 saturated heterocycles. The van der Waals surface area contributed by atoms with E-state index in [-0.39, 0.29) is 24.0 Å². The van der Waals surface area contributed by atoms with Crippen LogP contribution in [0.3, 0.4) is 0 Å². The van der Waals surface area contributed by atoms with Gasteiger partial charge in [-0.2, -0.15) is 4.98 Å². The first-order valence-electron chi connectivity index (χ1n) is 5.60. The predicted molar refractivity (Wildman–Crippen MR) is 67.2 cm³/mol. The first kappa shape index (κ1) is 12.5. The summed E-state index contributed by atoms with van der Waals surface area (Å²) in [5.74, 6) is 0.275. The number of rotatable bonds is 3. The number of anilines is 2. The number of aromatic amines is 1. The summed E-state index contributed by atoms with van der Waals surface area (Å²) >= 11 is 0. The number of nitrogen functional groups attached to an aromatic ring is 1. The predicted octanol–water partition coefficient (Wildman–Crippen LogP) is -1.02. The highest BCUT2D eigenvalue weighted by Gasteiger charge is 2.25. The fourth-order valence-electron chi connectivity index (χ4n) is 1.68. The molecule has 1 aliphatic heterocycles. The van der Waals surface area contributed by atoms with Crippen molar-refractivity contribution < 1.29 is 10.2 Å². The Balaban J connectivity index is 2.39. The number of aromatic nitrogens is 2. The molecule has 1 aromatic rings. The van der Waals surface area contributed by atoms with Crippen LogP contribution in [0.5, 0.6) is 0 Å². The second kappa shape index (κ2) is 4.75. The summed E-state index contributed by atoms with van der Waals surface area (Å²) in [7, 11) is 0. The topological polar surface area (TPSA) is 137 Å². The Morgan fingerprint density at radius 3 is 2.89 bits per heavy atom. The molecule has 18 heavy (non-hydrogen) atoms. The molecule has 0 fully saturated rings. The maximum Gasteiger partial charge on any atom is 0.280 e. The maximum absolute atomic E-state index is 11.6. The van der Waals surface area contributed by atoms with Crippen LogP contribution in [0.15, 0.2) is 9.79 Å². The smallest absolute Gasteiger partial charge is 0.280 e. The minimum atomic E-state index is -1.10. The first-order valence-corrected chi connectivity index (χ1v) is 5.60. The van der Waals surface area contributed by atoms with Crippen LogP contribution in [0.4, 0.5) is 17.5 Å². The molecule has 0 aromatic carbocycles. The van der Waals surface area contributed by atoms with E-state index in [1.54, 1.807) is 6.92 Å². The van der Waals surface area contributed by atoms with Crippen LogP contribution in [-0.4, -0.2) is 44.6 Å². The van der Waals surface area contributed by atoms with E-state index in [2.05, 4.69) is 20.3 Å². The van der Waals surface area contributed by atoms with E-state index in [9.17, 15) is 15.0 Å². The number of hydrogen-bond acceptors (Lipinski definition) is 7. The Morgan fingerprint density at radius 1 is 1.50 bits per heavy atom. The zero-order valence-electron chi connectivity index (χ0n) is 9.84. The molecule has 0 radical (unpaired) electrons. The van der Waals surface area contributed by atoms with Crippen molar-refractivity contribution in [3.05, 3.63) is 10.4 Å². The Hall–Kier alpha value is -1.93. The molecular weight excluding hydrogens is 238 g/mol. The fourth-order valence-corrected chi connectivity index (χ4v) is 1.68. The number of aliphatic hydroxyl groups excluding tert-OH is 2. The van der Waals surface area contributed by atoms with Gasteiger partial charge in [0, 0.05) is 0 Å². The van der Waals surface area contributed by atoms with Gasteiger partial charge in [-0.1, -0.05) is 6.92 Å². The van der Waals surface area contributed by atoms with Gasteiger partial charge in [0.15, 0.2) is 11.5 Å². The summed E-state index contributed by atoms with van der Waals surface area (Å²) in [6.07, 6.45) is -1.62. The van der Waals surface area contributed by atoms with Gasteiger partial charge >= 0.3 is 0 Å². The summed E-state index contributed by atoms with van der Waals surface area (Å²) in [4.78, 5) is 21.9. The van der Waals surface area contributed by atoms with Crippen LogP contribution in [-0.2, 0) is 0 Å². The number of aliphatic imine (C=N–C) groups is 1. The van der Waals surface area contributed by atoms with E-state index in [1.165, 1.54) is 0 Å². The number of nitrogens with one attached hydrogen (secondary N) is 2. The highest BCUT2D eigenvalue weighted by molar-refractivity contribution is 5.97. The van der Waals surface area contributed by atoms with E-state index < -0.39 is 17.8 Å². The summed E-state index contributed by atoms with van der Waals surface area (Å²) in [5.41, 5.74) is 5.28. The third kappa shape index (κ3) is 2.20. The lowest BCUT2D eigenvalue weighted by atomic mass is 10.1. The lowest BCUT2D eigenvalue weighted by molar-refractivity contribution is 0.0573. The number of aliphatic hydroxyl groups is 2. The van der Waals surface area contributed by atoms with Gasteiger partial charge in [0.25, 0.3) is 5.56 Å². The normalized spacial score (nSPS) is 17.4. The van der Waals surface area contributed by atoms with E-state index in [1.807, 2.05) is 0 Å². The van der Waals surface area contributed by atoms with Crippen molar-refractivity contribution in [3.8, 4) is 0 Å². The van der Waals surface area contributed by atoms with Crippen molar-refractivity contribution in [1.29, 1.82) is 0 Å². The molecule has 6 N–H and O–H groups in total. The van der Waals surface area contributed by atoms with Crippen molar-refractivity contribution in [1.82, 2.24) is 9.97 Å². The summed E-state index contributed by atoms with van der Waals surface area (Å²) < 4.78 is 0. The second-order valence-electron chi connectivity index (χ2n) is 4.03. The SMILES string of the molecule is CC[C@H](O)[C@H](O)C1=Nc2c(nc(N)[nH]c2=O)NC1. The Labute approximate surface area is 103 Å². The fraction of sp³-hybridized carbons (Fsp3) is 0.500. The van der Waals surface area contributed by atoms with E-state index in [0.29, 0.717) is 12.1 Å². The summed E-state index contributed by atoms with van der Waals surface area (Å²) in [6.45, 7) is 1.95. The third-order valence-corrected chi connectivity index (χ3v) is 2.73. The molecule has 1 aromatic heterocycles. The lowest BCUT2D eigenvalue weighted by Gasteiger charge is -2.22. The molecule has 2 heterocycles. The number of H-pyrrole nitrogens is 1. The number of hydrogen-bond donors (Lipinski definition) is 5. The van der Waals surface area contributed by atoms with Gasteiger partial charge < -0.3 is 21.3 Å². The molecule has 0 amide bonds. The first-order chi connectivity index (χ1) is 8.52. The summed E-state index contributed by atoms with van der Waals surface area (Å²) in [6, 6.07) is 0. The van der Waals surface area contributed by atoms with Crippen molar-refractivity contribution in [2.24, 2.45) is 4.99 Å². The largest absolute Gasteiger partial charge is 0.390 e. The molecule has 0 spiro atoms. The number of nitrogens with two attached hydrogens (primary N) is 1. The van der Waals surface area contributed by atoms with Crippen molar-refractivity contribution >= 4 is 23.2 Å². The molecule has 0 saturated carbocycles. The zero-order valence-corrected chi connectivity index (χ0v) is 9.84. The van der Waals surface area contributed by atoms with Crippen molar-refractivity contribution in [3.63, 3.8) is 0 Å². The van der Waals surface area contributed by atoms with Crippen LogP contribution in [0.25, 0.3) is 0 Å². The van der Waals surface area contributed by atoms with Crippen LogP contribution in [0, 0.1) is 0 Å². The standard InChI is InChI=1S/C10H15N5O3/c1-2-5(16)7(17)4-3-12-8-6(13-4)9(18)15-10(11)14-8/h5,7,16-17H,2-3H2,1H3,(H4,11,12,14,15,18)/t5-,7+/m0/s1. The van der Waals surface area contributed by atoms with Gasteiger partial charge in [-0.25, -0.2) is 4.99 Å². The van der Waals surface area contributed by atoms with Gasteiger partial charge in [-0.05, 0) is 6.42 Å². The monoisotopic (exact) mass is 253 g/mol. The minimum Gasteiger partial charge on any atom is -0.390 e. The van der Waals surface area contributed by atoms with Gasteiger partial charge in [0.1, 0.15) is 6.10 Å². The molecule has 2 atom stereocenters. The average molecular weight is 253 g/mol. The Bertz CT molecular complexity index is 539. The molecule has 8 heteroatoms. The summed E-state index contributed by atoms with van der Waals surface area (Å²) in [5, 5.41) is 22.2. The average Bonchev–Trinajstić information content (AvgIpc) is 2.36. The van der Waals surface area contributed by atoms with Gasteiger partial charge in [-0.15, -0.1) is 0 Å².